The second-order valence-corrected chi connectivity index (χ2v) is 5.58. The largest absolute Gasteiger partial charge is 0.381 e. The Kier molecular flexibility index (Phi) is 4.60. The van der Waals surface area contributed by atoms with Gasteiger partial charge in [0.05, 0.1) is 4.92 Å². The lowest BCUT2D eigenvalue weighted by Crippen LogP contribution is -2.03. The van der Waals surface area contributed by atoms with Gasteiger partial charge < -0.3 is 5.32 Å². The summed E-state index contributed by atoms with van der Waals surface area (Å²) in [6.07, 6.45) is 0. The molecule has 0 spiro atoms. The van der Waals surface area contributed by atoms with Gasteiger partial charge in [-0.15, -0.1) is 0 Å². The average Bonchev–Trinajstić information content (AvgIpc) is 2.37. The molecule has 0 saturated heterocycles. The van der Waals surface area contributed by atoms with E-state index >= 15 is 0 Å². The van der Waals surface area contributed by atoms with Gasteiger partial charge in [-0.3, -0.25) is 10.1 Å². The summed E-state index contributed by atoms with van der Waals surface area (Å²) >= 11 is 7.99. The van der Waals surface area contributed by atoms with E-state index in [0.29, 0.717) is 17.1 Å². The number of hydrogen-bond donors (Lipinski definition) is 1. The fourth-order valence-electron chi connectivity index (χ4n) is 1.65. The van der Waals surface area contributed by atoms with Crippen LogP contribution in [0.1, 0.15) is 5.56 Å². The number of halogens is 2. The van der Waals surface area contributed by atoms with Crippen LogP contribution in [0.2, 0.25) is 5.02 Å². The van der Waals surface area contributed by atoms with Gasteiger partial charge >= 0.3 is 0 Å². The lowest BCUT2D eigenvalue weighted by molar-refractivity contribution is -0.385. The number of nitrogens with one attached hydrogen (secondary N) is 1. The second kappa shape index (κ2) is 6.21. The zero-order chi connectivity index (χ0) is 13.8. The van der Waals surface area contributed by atoms with E-state index in [1.807, 2.05) is 24.3 Å². The minimum absolute atomic E-state index is 0.0330. The van der Waals surface area contributed by atoms with Gasteiger partial charge in [0.2, 0.25) is 0 Å². The monoisotopic (exact) mass is 388 g/mol. The van der Waals surface area contributed by atoms with Crippen molar-refractivity contribution >= 4 is 45.6 Å². The van der Waals surface area contributed by atoms with Crippen LogP contribution in [-0.2, 0) is 6.54 Å². The Hall–Kier alpha value is -1.34. The number of nitrogens with zero attached hydrogens (tertiary/aromatic N) is 1. The van der Waals surface area contributed by atoms with Crippen molar-refractivity contribution in [3.8, 4) is 0 Å². The highest BCUT2D eigenvalue weighted by Crippen LogP contribution is 2.24. The highest BCUT2D eigenvalue weighted by Gasteiger charge is 2.13. The van der Waals surface area contributed by atoms with Gasteiger partial charge in [-0.25, -0.2) is 0 Å². The van der Waals surface area contributed by atoms with Crippen molar-refractivity contribution in [2.75, 3.05) is 5.32 Å². The molecule has 0 fully saturated rings. The maximum atomic E-state index is 11.0. The molecule has 0 aliphatic rings. The molecule has 0 saturated carbocycles. The highest BCUT2D eigenvalue weighted by molar-refractivity contribution is 14.1. The van der Waals surface area contributed by atoms with Gasteiger partial charge in [0, 0.05) is 32.5 Å². The minimum Gasteiger partial charge on any atom is -0.381 e. The number of hydrogen-bond acceptors (Lipinski definition) is 3. The standard InChI is InChI=1S/C13H10ClIN2O2/c14-10-5-4-9(13(6-10)17(18)19)8-16-12-3-1-2-11(15)7-12/h1-7,16H,8H2. The number of rotatable bonds is 4. The highest BCUT2D eigenvalue weighted by atomic mass is 127. The molecule has 0 atom stereocenters. The average molecular weight is 389 g/mol. The molecule has 0 bridgehead atoms. The zero-order valence-electron chi connectivity index (χ0n) is 9.77. The predicted molar refractivity (Wildman–Crippen MR) is 84.6 cm³/mol. The van der Waals surface area contributed by atoms with Crippen molar-refractivity contribution < 1.29 is 4.92 Å². The molecule has 19 heavy (non-hydrogen) atoms. The van der Waals surface area contributed by atoms with E-state index in [-0.39, 0.29) is 5.69 Å². The van der Waals surface area contributed by atoms with Gasteiger partial charge in [-0.05, 0) is 52.9 Å². The molecule has 1 N–H and O–H groups in total. The molecule has 4 nitrogen and oxygen atoms in total. The Morgan fingerprint density at radius 2 is 2.05 bits per heavy atom. The summed E-state index contributed by atoms with van der Waals surface area (Å²) in [7, 11) is 0. The molecule has 0 aromatic heterocycles. The first kappa shape index (κ1) is 14.1. The van der Waals surface area contributed by atoms with Crippen LogP contribution in [0.15, 0.2) is 42.5 Å². The molecule has 0 aliphatic heterocycles. The van der Waals surface area contributed by atoms with Crippen LogP contribution < -0.4 is 5.32 Å². The van der Waals surface area contributed by atoms with Gasteiger partial charge in [0.1, 0.15) is 0 Å². The molecule has 2 rings (SSSR count). The molecule has 98 valence electrons. The summed E-state index contributed by atoms with van der Waals surface area (Å²) < 4.78 is 1.10. The Morgan fingerprint density at radius 1 is 1.26 bits per heavy atom. The lowest BCUT2D eigenvalue weighted by atomic mass is 10.1. The third-order valence-electron chi connectivity index (χ3n) is 2.55. The zero-order valence-corrected chi connectivity index (χ0v) is 12.7. The smallest absolute Gasteiger partial charge is 0.275 e. The second-order valence-electron chi connectivity index (χ2n) is 3.89. The van der Waals surface area contributed by atoms with Crippen molar-refractivity contribution in [3.05, 3.63) is 66.7 Å². The Balaban J connectivity index is 2.17. The first-order chi connectivity index (χ1) is 9.06. The van der Waals surface area contributed by atoms with E-state index in [2.05, 4.69) is 27.9 Å². The molecule has 0 amide bonds. The van der Waals surface area contributed by atoms with E-state index in [1.54, 1.807) is 12.1 Å². The van der Waals surface area contributed by atoms with Crippen LogP contribution in [0.4, 0.5) is 11.4 Å². The normalized spacial score (nSPS) is 10.2. The number of benzene rings is 2. The molecule has 0 unspecified atom stereocenters. The van der Waals surface area contributed by atoms with E-state index in [0.717, 1.165) is 9.26 Å². The van der Waals surface area contributed by atoms with Gasteiger partial charge in [-0.2, -0.15) is 0 Å². The van der Waals surface area contributed by atoms with Crippen LogP contribution in [0, 0.1) is 13.7 Å². The molecular weight excluding hydrogens is 379 g/mol. The summed E-state index contributed by atoms with van der Waals surface area (Å²) in [5.74, 6) is 0. The van der Waals surface area contributed by atoms with Crippen LogP contribution in [0.3, 0.4) is 0 Å². The number of anilines is 1. The van der Waals surface area contributed by atoms with Crippen molar-refractivity contribution in [2.24, 2.45) is 0 Å². The Bertz CT molecular complexity index is 619. The quantitative estimate of drug-likeness (QED) is 0.478. The Morgan fingerprint density at radius 3 is 2.74 bits per heavy atom. The van der Waals surface area contributed by atoms with E-state index < -0.39 is 4.92 Å². The van der Waals surface area contributed by atoms with E-state index in [1.165, 1.54) is 6.07 Å². The van der Waals surface area contributed by atoms with Crippen LogP contribution >= 0.6 is 34.2 Å². The van der Waals surface area contributed by atoms with Gasteiger partial charge in [0.15, 0.2) is 0 Å². The van der Waals surface area contributed by atoms with Crippen LogP contribution in [0.5, 0.6) is 0 Å². The molecule has 0 radical (unpaired) electrons. The molecule has 0 aliphatic carbocycles. The van der Waals surface area contributed by atoms with E-state index in [9.17, 15) is 10.1 Å². The SMILES string of the molecule is O=[N+]([O-])c1cc(Cl)ccc1CNc1cccc(I)c1. The topological polar surface area (TPSA) is 55.2 Å². The maximum absolute atomic E-state index is 11.0. The third-order valence-corrected chi connectivity index (χ3v) is 3.46. The van der Waals surface area contributed by atoms with Crippen LogP contribution in [0.25, 0.3) is 0 Å². The fourth-order valence-corrected chi connectivity index (χ4v) is 2.36. The van der Waals surface area contributed by atoms with Crippen molar-refractivity contribution in [1.82, 2.24) is 0 Å². The molecular formula is C13H10ClIN2O2. The summed E-state index contributed by atoms with van der Waals surface area (Å²) in [4.78, 5) is 10.5. The molecule has 2 aromatic carbocycles. The van der Waals surface area contributed by atoms with Gasteiger partial charge in [-0.1, -0.05) is 17.7 Å². The molecule has 6 heteroatoms. The van der Waals surface area contributed by atoms with Crippen molar-refractivity contribution in [3.63, 3.8) is 0 Å². The Labute approximate surface area is 129 Å². The summed E-state index contributed by atoms with van der Waals surface area (Å²) in [5, 5.41) is 14.5. The number of nitro benzene ring substituents is 1. The van der Waals surface area contributed by atoms with Crippen molar-refractivity contribution in [2.45, 2.75) is 6.54 Å². The third kappa shape index (κ3) is 3.81. The predicted octanol–water partition coefficient (Wildman–Crippen LogP) is 4.46. The summed E-state index contributed by atoms with van der Waals surface area (Å²) in [6.45, 7) is 0.383. The van der Waals surface area contributed by atoms with Crippen molar-refractivity contribution in [1.29, 1.82) is 0 Å². The maximum Gasteiger partial charge on any atom is 0.275 e. The molecule has 2 aromatic rings. The van der Waals surface area contributed by atoms with Crippen LogP contribution in [-0.4, -0.2) is 4.92 Å². The lowest BCUT2D eigenvalue weighted by Gasteiger charge is -2.07. The number of nitro groups is 1. The first-order valence-electron chi connectivity index (χ1n) is 5.48. The van der Waals surface area contributed by atoms with E-state index in [4.69, 9.17) is 11.6 Å². The summed E-state index contributed by atoms with van der Waals surface area (Å²) in [5.41, 5.74) is 1.56. The van der Waals surface area contributed by atoms with Gasteiger partial charge in [0.25, 0.3) is 5.69 Å². The molecule has 0 heterocycles. The first-order valence-corrected chi connectivity index (χ1v) is 6.94. The fraction of sp³-hybridized carbons (Fsp3) is 0.0769. The minimum atomic E-state index is -0.419. The summed E-state index contributed by atoms with van der Waals surface area (Å²) in [6, 6.07) is 12.5.